The highest BCUT2D eigenvalue weighted by Crippen LogP contribution is 2.10. The van der Waals surface area contributed by atoms with Crippen molar-refractivity contribution in [2.24, 2.45) is 0 Å². The highest BCUT2D eigenvalue weighted by Gasteiger charge is 2.05. The third-order valence-corrected chi connectivity index (χ3v) is 2.40. The van der Waals surface area contributed by atoms with Gasteiger partial charge in [0.1, 0.15) is 5.82 Å². The summed E-state index contributed by atoms with van der Waals surface area (Å²) in [5.74, 6) is 1.16. The number of imidazole rings is 1. The van der Waals surface area contributed by atoms with Gasteiger partial charge < -0.3 is 15.4 Å². The Morgan fingerprint density at radius 3 is 3.00 bits per heavy atom. The molecule has 0 radical (unpaired) electrons. The summed E-state index contributed by atoms with van der Waals surface area (Å²) in [4.78, 5) is 15.4. The lowest BCUT2D eigenvalue weighted by Crippen LogP contribution is -2.24. The fourth-order valence-corrected chi connectivity index (χ4v) is 1.50. The maximum atomic E-state index is 11.2. The van der Waals surface area contributed by atoms with Crippen LogP contribution in [0.2, 0.25) is 0 Å². The zero-order chi connectivity index (χ0) is 13.7. The summed E-state index contributed by atoms with van der Waals surface area (Å²) in [6.45, 7) is 1.28. The Morgan fingerprint density at radius 1 is 1.42 bits per heavy atom. The molecule has 0 aliphatic rings. The van der Waals surface area contributed by atoms with Gasteiger partial charge in [0, 0.05) is 20.7 Å². The molecule has 0 saturated heterocycles. The molecule has 2 rings (SSSR count). The van der Waals surface area contributed by atoms with E-state index >= 15 is 0 Å². The lowest BCUT2D eigenvalue weighted by atomic mass is 10.5. The van der Waals surface area contributed by atoms with Gasteiger partial charge in [-0.1, -0.05) is 0 Å². The van der Waals surface area contributed by atoms with E-state index in [1.807, 2.05) is 12.1 Å². The van der Waals surface area contributed by atoms with Gasteiger partial charge in [0.2, 0.25) is 0 Å². The number of nitrogens with one attached hydrogen (secondary N) is 3. The van der Waals surface area contributed by atoms with E-state index in [4.69, 9.17) is 4.74 Å². The second-order valence-corrected chi connectivity index (χ2v) is 3.77. The molecule has 0 atom stereocenters. The summed E-state index contributed by atoms with van der Waals surface area (Å²) in [6, 6.07) is 3.32. The van der Waals surface area contributed by atoms with Gasteiger partial charge in [-0.05, 0) is 12.1 Å². The highest BCUT2D eigenvalue weighted by molar-refractivity contribution is 5.88. The number of fused-ring (bicyclic) bond motifs is 1. The Balaban J connectivity index is 2.11. The maximum absolute atomic E-state index is 11.2. The van der Waals surface area contributed by atoms with Crippen molar-refractivity contribution < 1.29 is 9.53 Å². The van der Waals surface area contributed by atoms with Crippen LogP contribution in [0.4, 0.5) is 16.4 Å². The minimum atomic E-state index is -0.318. The Hall–Kier alpha value is -2.35. The second-order valence-electron chi connectivity index (χ2n) is 3.77. The molecule has 2 aromatic rings. The lowest BCUT2D eigenvalue weighted by Gasteiger charge is -2.04. The molecular formula is C11H16N6O2. The van der Waals surface area contributed by atoms with Crippen LogP contribution in [0, 0.1) is 0 Å². The minimum absolute atomic E-state index is 0.318. The van der Waals surface area contributed by atoms with E-state index in [1.165, 1.54) is 0 Å². The number of rotatable bonds is 5. The molecule has 3 N–H and O–H groups in total. The van der Waals surface area contributed by atoms with Crippen molar-refractivity contribution in [1.82, 2.24) is 19.9 Å². The number of carbonyl (C=O) groups is 1. The summed E-state index contributed by atoms with van der Waals surface area (Å²) < 4.78 is 6.55. The van der Waals surface area contributed by atoms with E-state index in [0.29, 0.717) is 30.4 Å². The van der Waals surface area contributed by atoms with Crippen molar-refractivity contribution in [2.45, 2.75) is 0 Å². The van der Waals surface area contributed by atoms with Gasteiger partial charge >= 0.3 is 6.03 Å². The molecule has 0 fully saturated rings. The third-order valence-electron chi connectivity index (χ3n) is 2.40. The Kier molecular flexibility index (Phi) is 4.14. The van der Waals surface area contributed by atoms with E-state index in [0.717, 1.165) is 0 Å². The van der Waals surface area contributed by atoms with Crippen LogP contribution in [0.5, 0.6) is 0 Å². The van der Waals surface area contributed by atoms with E-state index in [1.54, 1.807) is 24.9 Å². The number of urea groups is 1. The van der Waals surface area contributed by atoms with Crippen molar-refractivity contribution >= 4 is 23.3 Å². The molecular weight excluding hydrogens is 248 g/mol. The number of amides is 2. The molecule has 0 spiro atoms. The van der Waals surface area contributed by atoms with Gasteiger partial charge in [-0.15, -0.1) is 5.10 Å². The predicted octanol–water partition coefficient (Wildman–Crippen LogP) is 0.539. The first-order valence-corrected chi connectivity index (χ1v) is 5.81. The van der Waals surface area contributed by atoms with E-state index < -0.39 is 0 Å². The Labute approximate surface area is 110 Å². The average molecular weight is 264 g/mol. The molecule has 0 aliphatic carbocycles. The van der Waals surface area contributed by atoms with Crippen LogP contribution in [0.3, 0.4) is 0 Å². The van der Waals surface area contributed by atoms with Crippen molar-refractivity contribution in [3.63, 3.8) is 0 Å². The number of methoxy groups -OCH3 is 1. The molecule has 2 heterocycles. The first-order chi connectivity index (χ1) is 9.22. The standard InChI is InChI=1S/C11H16N6O2/c1-12-11(18)15-9-7-17-10(14-9)4-3-8(16-17)13-5-6-19-2/h3-4,7H,5-6H2,1-2H3,(H,13,16)(H2,12,15,18). The number of nitrogens with zero attached hydrogens (tertiary/aromatic N) is 3. The average Bonchev–Trinajstić information content (AvgIpc) is 2.80. The Morgan fingerprint density at radius 2 is 2.26 bits per heavy atom. The molecule has 0 bridgehead atoms. The smallest absolute Gasteiger partial charge is 0.320 e. The van der Waals surface area contributed by atoms with Crippen LogP contribution >= 0.6 is 0 Å². The first-order valence-electron chi connectivity index (χ1n) is 5.81. The van der Waals surface area contributed by atoms with Crippen LogP contribution in [0.15, 0.2) is 18.3 Å². The zero-order valence-electron chi connectivity index (χ0n) is 10.8. The van der Waals surface area contributed by atoms with E-state index in [-0.39, 0.29) is 6.03 Å². The number of hydrogen-bond donors (Lipinski definition) is 3. The normalized spacial score (nSPS) is 10.4. The van der Waals surface area contributed by atoms with Crippen LogP contribution in [0.1, 0.15) is 0 Å². The largest absolute Gasteiger partial charge is 0.383 e. The molecule has 8 heteroatoms. The highest BCUT2D eigenvalue weighted by atomic mass is 16.5. The SMILES string of the molecule is CNC(=O)Nc1cn2nc(NCCOC)ccc2n1. The molecule has 102 valence electrons. The van der Waals surface area contributed by atoms with Crippen molar-refractivity contribution in [2.75, 3.05) is 37.9 Å². The van der Waals surface area contributed by atoms with Crippen molar-refractivity contribution in [3.8, 4) is 0 Å². The van der Waals surface area contributed by atoms with Gasteiger partial charge in [0.15, 0.2) is 11.5 Å². The third kappa shape index (κ3) is 3.32. The number of aromatic nitrogens is 3. The minimum Gasteiger partial charge on any atom is -0.383 e. The van der Waals surface area contributed by atoms with Crippen molar-refractivity contribution in [3.05, 3.63) is 18.3 Å². The van der Waals surface area contributed by atoms with Crippen LogP contribution in [-0.2, 0) is 4.74 Å². The van der Waals surface area contributed by atoms with Gasteiger partial charge in [-0.25, -0.2) is 14.3 Å². The maximum Gasteiger partial charge on any atom is 0.320 e. The van der Waals surface area contributed by atoms with Crippen LogP contribution in [0.25, 0.3) is 5.65 Å². The lowest BCUT2D eigenvalue weighted by molar-refractivity contribution is 0.210. The summed E-state index contributed by atoms with van der Waals surface area (Å²) in [7, 11) is 3.19. The topological polar surface area (TPSA) is 92.6 Å². The number of carbonyl (C=O) groups excluding carboxylic acids is 1. The summed E-state index contributed by atoms with van der Waals surface area (Å²) in [5.41, 5.74) is 0.656. The van der Waals surface area contributed by atoms with E-state index in [9.17, 15) is 4.79 Å². The molecule has 2 amide bonds. The van der Waals surface area contributed by atoms with Gasteiger partial charge in [-0.2, -0.15) is 0 Å². The number of hydrogen-bond acceptors (Lipinski definition) is 5. The molecule has 0 saturated carbocycles. The Bertz CT molecular complexity index is 567. The molecule has 8 nitrogen and oxygen atoms in total. The van der Waals surface area contributed by atoms with Crippen molar-refractivity contribution in [1.29, 1.82) is 0 Å². The van der Waals surface area contributed by atoms with Gasteiger partial charge in [-0.3, -0.25) is 5.32 Å². The molecule has 0 unspecified atom stereocenters. The summed E-state index contributed by atoms with van der Waals surface area (Å²) >= 11 is 0. The zero-order valence-corrected chi connectivity index (χ0v) is 10.8. The van der Waals surface area contributed by atoms with Crippen LogP contribution in [-0.4, -0.2) is 47.9 Å². The second kappa shape index (κ2) is 6.01. The predicted molar refractivity (Wildman–Crippen MR) is 71.4 cm³/mol. The van der Waals surface area contributed by atoms with Crippen LogP contribution < -0.4 is 16.0 Å². The quantitative estimate of drug-likeness (QED) is 0.685. The number of ether oxygens (including phenoxy) is 1. The molecule has 19 heavy (non-hydrogen) atoms. The summed E-state index contributed by atoms with van der Waals surface area (Å²) in [5, 5.41) is 12.5. The fraction of sp³-hybridized carbons (Fsp3) is 0.364. The van der Waals surface area contributed by atoms with E-state index in [2.05, 4.69) is 26.0 Å². The number of anilines is 2. The molecule has 2 aromatic heterocycles. The van der Waals surface area contributed by atoms with Gasteiger partial charge in [0.25, 0.3) is 0 Å². The fourth-order valence-electron chi connectivity index (χ4n) is 1.50. The molecule has 0 aromatic carbocycles. The first kappa shape index (κ1) is 13.1. The monoisotopic (exact) mass is 264 g/mol. The summed E-state index contributed by atoms with van der Waals surface area (Å²) in [6.07, 6.45) is 1.64. The molecule has 0 aliphatic heterocycles. The van der Waals surface area contributed by atoms with Gasteiger partial charge in [0.05, 0.1) is 12.8 Å².